The molecule has 0 heterocycles. The molecule has 1 saturated carbocycles. The maximum absolute atomic E-state index is 12.9. The topological polar surface area (TPSA) is 54.5 Å². The van der Waals surface area contributed by atoms with Gasteiger partial charge in [0.05, 0.1) is 10.9 Å². The molecule has 0 radical (unpaired) electrons. The van der Waals surface area contributed by atoms with Crippen LogP contribution in [0.2, 0.25) is 0 Å². The van der Waals surface area contributed by atoms with Crippen LogP contribution in [0.25, 0.3) is 0 Å². The first kappa shape index (κ1) is 20.9. The number of amides is 1. The number of carbonyl (C=O) groups is 1. The molecule has 0 N–H and O–H groups in total. The molecule has 1 unspecified atom stereocenters. The predicted molar refractivity (Wildman–Crippen MR) is 106 cm³/mol. The third kappa shape index (κ3) is 5.32. The van der Waals surface area contributed by atoms with E-state index < -0.39 is 9.84 Å². The summed E-state index contributed by atoms with van der Waals surface area (Å²) in [7, 11) is -1.33. The molecular weight excluding hydrogens is 346 g/mol. The summed E-state index contributed by atoms with van der Waals surface area (Å²) in [5.74, 6) is 1.15. The molecule has 146 valence electrons. The van der Waals surface area contributed by atoms with Crippen LogP contribution in [0.5, 0.6) is 0 Å². The van der Waals surface area contributed by atoms with E-state index in [2.05, 4.69) is 6.92 Å². The third-order valence-corrected chi connectivity index (χ3v) is 7.01. The Labute approximate surface area is 158 Å². The van der Waals surface area contributed by atoms with Crippen LogP contribution < -0.4 is 0 Å². The fourth-order valence-electron chi connectivity index (χ4n) is 3.89. The predicted octanol–water partition coefficient (Wildman–Crippen LogP) is 4.61. The SMILES string of the molecule is CCCCC1CCC(C(=O)N(C)C(C)c2ccc(S(C)(=O)=O)cc2)CC1. The Morgan fingerprint density at radius 2 is 1.73 bits per heavy atom. The first-order valence-corrected chi connectivity index (χ1v) is 11.7. The second-order valence-corrected chi connectivity index (χ2v) is 9.84. The van der Waals surface area contributed by atoms with Gasteiger partial charge in [-0.15, -0.1) is 0 Å². The van der Waals surface area contributed by atoms with E-state index in [1.54, 1.807) is 12.1 Å². The summed E-state index contributed by atoms with van der Waals surface area (Å²) in [5.41, 5.74) is 0.963. The summed E-state index contributed by atoms with van der Waals surface area (Å²) >= 11 is 0. The van der Waals surface area contributed by atoms with Gasteiger partial charge in [0.25, 0.3) is 0 Å². The number of rotatable bonds is 7. The van der Waals surface area contributed by atoms with Gasteiger partial charge in [-0.1, -0.05) is 38.3 Å². The van der Waals surface area contributed by atoms with Gasteiger partial charge in [-0.2, -0.15) is 0 Å². The van der Waals surface area contributed by atoms with Crippen molar-refractivity contribution in [2.24, 2.45) is 11.8 Å². The molecule has 1 aliphatic rings. The van der Waals surface area contributed by atoms with E-state index >= 15 is 0 Å². The van der Waals surface area contributed by atoms with Crippen LogP contribution in [0.3, 0.4) is 0 Å². The van der Waals surface area contributed by atoms with Gasteiger partial charge in [0.15, 0.2) is 9.84 Å². The minimum atomic E-state index is -3.19. The highest BCUT2D eigenvalue weighted by Crippen LogP contribution is 2.34. The maximum Gasteiger partial charge on any atom is 0.225 e. The van der Waals surface area contributed by atoms with Crippen LogP contribution in [-0.2, 0) is 14.6 Å². The molecule has 0 bridgehead atoms. The fourth-order valence-corrected chi connectivity index (χ4v) is 4.52. The van der Waals surface area contributed by atoms with Gasteiger partial charge in [0.1, 0.15) is 0 Å². The largest absolute Gasteiger partial charge is 0.339 e. The molecule has 0 spiro atoms. The summed E-state index contributed by atoms with van der Waals surface area (Å²) < 4.78 is 23.2. The summed E-state index contributed by atoms with van der Waals surface area (Å²) in [6.45, 7) is 4.23. The zero-order valence-electron chi connectivity index (χ0n) is 16.6. The summed E-state index contributed by atoms with van der Waals surface area (Å²) in [6.07, 6.45) is 9.38. The standard InChI is InChI=1S/C21H33NO3S/c1-5-6-7-17-8-10-19(11-9-17)21(23)22(3)16(2)18-12-14-20(15-13-18)26(4,24)25/h12-17,19H,5-11H2,1-4H3. The quantitative estimate of drug-likeness (QED) is 0.695. The highest BCUT2D eigenvalue weighted by atomic mass is 32.2. The smallest absolute Gasteiger partial charge is 0.225 e. The number of sulfone groups is 1. The monoisotopic (exact) mass is 379 g/mol. The van der Waals surface area contributed by atoms with Gasteiger partial charge in [-0.25, -0.2) is 8.42 Å². The number of nitrogens with zero attached hydrogens (tertiary/aromatic N) is 1. The Hall–Kier alpha value is -1.36. The number of benzene rings is 1. The summed E-state index contributed by atoms with van der Waals surface area (Å²) in [6, 6.07) is 6.81. The number of carbonyl (C=O) groups excluding carboxylic acids is 1. The van der Waals surface area contributed by atoms with Crippen molar-refractivity contribution in [3.05, 3.63) is 29.8 Å². The van der Waals surface area contributed by atoms with E-state index in [9.17, 15) is 13.2 Å². The molecule has 5 heteroatoms. The average Bonchev–Trinajstić information content (AvgIpc) is 2.64. The van der Waals surface area contributed by atoms with E-state index in [1.807, 2.05) is 31.0 Å². The lowest BCUT2D eigenvalue weighted by atomic mass is 9.79. The molecule has 2 rings (SSSR count). The molecule has 1 aromatic carbocycles. The summed E-state index contributed by atoms with van der Waals surface area (Å²) in [4.78, 5) is 15.0. The van der Waals surface area contributed by atoms with E-state index in [-0.39, 0.29) is 17.9 Å². The van der Waals surface area contributed by atoms with Crippen molar-refractivity contribution in [2.45, 2.75) is 69.7 Å². The van der Waals surface area contributed by atoms with Crippen molar-refractivity contribution in [3.8, 4) is 0 Å². The van der Waals surface area contributed by atoms with Gasteiger partial charge in [-0.05, 0) is 56.2 Å². The maximum atomic E-state index is 12.9. The van der Waals surface area contributed by atoms with Crippen molar-refractivity contribution in [1.29, 1.82) is 0 Å². The van der Waals surface area contributed by atoms with E-state index in [1.165, 1.54) is 38.4 Å². The lowest BCUT2D eigenvalue weighted by Crippen LogP contribution is -2.36. The number of hydrogen-bond acceptors (Lipinski definition) is 3. The minimum Gasteiger partial charge on any atom is -0.339 e. The Balaban J connectivity index is 1.95. The molecule has 0 aromatic heterocycles. The zero-order chi connectivity index (χ0) is 19.3. The Kier molecular flexibility index (Phi) is 7.27. The van der Waals surface area contributed by atoms with Crippen LogP contribution >= 0.6 is 0 Å². The Morgan fingerprint density at radius 3 is 2.23 bits per heavy atom. The van der Waals surface area contributed by atoms with Crippen molar-refractivity contribution in [1.82, 2.24) is 4.90 Å². The highest BCUT2D eigenvalue weighted by molar-refractivity contribution is 7.90. The normalized spacial score (nSPS) is 22.0. The van der Waals surface area contributed by atoms with E-state index in [0.717, 1.165) is 24.3 Å². The van der Waals surface area contributed by atoms with Crippen LogP contribution in [0.4, 0.5) is 0 Å². The van der Waals surface area contributed by atoms with Crippen LogP contribution in [0.15, 0.2) is 29.2 Å². The molecule has 26 heavy (non-hydrogen) atoms. The highest BCUT2D eigenvalue weighted by Gasteiger charge is 2.30. The van der Waals surface area contributed by atoms with Crippen molar-refractivity contribution < 1.29 is 13.2 Å². The molecule has 0 saturated heterocycles. The zero-order valence-corrected chi connectivity index (χ0v) is 17.4. The lowest BCUT2D eigenvalue weighted by Gasteiger charge is -2.33. The molecule has 0 aliphatic heterocycles. The summed E-state index contributed by atoms with van der Waals surface area (Å²) in [5, 5.41) is 0. The van der Waals surface area contributed by atoms with E-state index in [4.69, 9.17) is 0 Å². The van der Waals surface area contributed by atoms with Gasteiger partial charge in [-0.3, -0.25) is 4.79 Å². The molecule has 1 aliphatic carbocycles. The van der Waals surface area contributed by atoms with Crippen molar-refractivity contribution >= 4 is 15.7 Å². The lowest BCUT2D eigenvalue weighted by molar-refractivity contribution is -0.137. The van der Waals surface area contributed by atoms with Crippen LogP contribution in [-0.4, -0.2) is 32.5 Å². The first-order chi connectivity index (χ1) is 12.2. The number of hydrogen-bond donors (Lipinski definition) is 0. The van der Waals surface area contributed by atoms with Crippen LogP contribution in [0.1, 0.15) is 70.4 Å². The molecule has 1 aromatic rings. The van der Waals surface area contributed by atoms with Gasteiger partial charge in [0.2, 0.25) is 5.91 Å². The molecule has 4 nitrogen and oxygen atoms in total. The molecule has 1 fully saturated rings. The molecule has 1 atom stereocenters. The Morgan fingerprint density at radius 1 is 1.15 bits per heavy atom. The second-order valence-electron chi connectivity index (χ2n) is 7.83. The van der Waals surface area contributed by atoms with Crippen molar-refractivity contribution in [2.75, 3.05) is 13.3 Å². The fraction of sp³-hybridized carbons (Fsp3) is 0.667. The molecular formula is C21H33NO3S. The van der Waals surface area contributed by atoms with Crippen LogP contribution in [0, 0.1) is 11.8 Å². The minimum absolute atomic E-state index is 0.0612. The second kappa shape index (κ2) is 9.03. The average molecular weight is 380 g/mol. The Bertz CT molecular complexity index is 688. The van der Waals surface area contributed by atoms with Gasteiger partial charge in [0, 0.05) is 19.2 Å². The van der Waals surface area contributed by atoms with Crippen molar-refractivity contribution in [3.63, 3.8) is 0 Å². The molecule has 1 amide bonds. The van der Waals surface area contributed by atoms with E-state index in [0.29, 0.717) is 4.90 Å². The third-order valence-electron chi connectivity index (χ3n) is 5.88. The first-order valence-electron chi connectivity index (χ1n) is 9.80. The van der Waals surface area contributed by atoms with Gasteiger partial charge >= 0.3 is 0 Å². The number of unbranched alkanes of at least 4 members (excludes halogenated alkanes) is 1. The van der Waals surface area contributed by atoms with Gasteiger partial charge < -0.3 is 4.90 Å².